The van der Waals surface area contributed by atoms with Crippen LogP contribution in [0.4, 0.5) is 18.9 Å². The molecule has 0 saturated carbocycles. The first-order valence-corrected chi connectivity index (χ1v) is 10.5. The van der Waals surface area contributed by atoms with Gasteiger partial charge in [0.25, 0.3) is 0 Å². The summed E-state index contributed by atoms with van der Waals surface area (Å²) in [6, 6.07) is 9.29. The molecule has 9 heteroatoms. The van der Waals surface area contributed by atoms with Crippen molar-refractivity contribution in [3.8, 4) is 0 Å². The molecule has 0 spiro atoms. The summed E-state index contributed by atoms with van der Waals surface area (Å²) in [7, 11) is 0. The van der Waals surface area contributed by atoms with Crippen molar-refractivity contribution in [3.63, 3.8) is 0 Å². The highest BCUT2D eigenvalue weighted by Crippen LogP contribution is 2.20. The zero-order valence-electron chi connectivity index (χ0n) is 17.0. The first-order chi connectivity index (χ1) is 14.3. The number of hydrogen-bond acceptors (Lipinski definition) is 4. The third-order valence-corrected chi connectivity index (χ3v) is 5.70. The summed E-state index contributed by atoms with van der Waals surface area (Å²) in [6.07, 6.45) is -2.35. The number of carbonyl (C=O) groups excluding carboxylic acids is 2. The number of carbonyl (C=O) groups is 2. The molecule has 0 bridgehead atoms. The van der Waals surface area contributed by atoms with Crippen LogP contribution in [0.3, 0.4) is 0 Å². The topological polar surface area (TPSA) is 55.9 Å². The molecule has 0 aliphatic carbocycles. The molecular weight excluding hydrogens is 397 g/mol. The number of anilines is 1. The summed E-state index contributed by atoms with van der Waals surface area (Å²) in [4.78, 5) is 30.2. The van der Waals surface area contributed by atoms with Gasteiger partial charge >= 0.3 is 6.18 Å². The van der Waals surface area contributed by atoms with E-state index in [9.17, 15) is 22.8 Å². The summed E-state index contributed by atoms with van der Waals surface area (Å²) >= 11 is 0. The van der Waals surface area contributed by atoms with Crippen molar-refractivity contribution in [3.05, 3.63) is 30.3 Å². The Kier molecular flexibility index (Phi) is 7.71. The van der Waals surface area contributed by atoms with Gasteiger partial charge in [0.05, 0.1) is 13.1 Å². The maximum absolute atomic E-state index is 12.6. The maximum Gasteiger partial charge on any atom is 0.401 e. The van der Waals surface area contributed by atoms with Crippen molar-refractivity contribution in [1.82, 2.24) is 14.7 Å². The zero-order valence-corrected chi connectivity index (χ0v) is 17.0. The van der Waals surface area contributed by atoms with Gasteiger partial charge in [-0.15, -0.1) is 0 Å². The standard InChI is InChI=1S/C21H29F3N4O2/c22-21(23,24)16-27-10-4-9-26(13-14-27)15-19(29)28-11-7-17(8-12-28)20(30)25-18-5-2-1-3-6-18/h1-3,5-6,17H,4,7-16H2,(H,25,30). The smallest absolute Gasteiger partial charge is 0.342 e. The van der Waals surface area contributed by atoms with Crippen LogP contribution in [0, 0.1) is 5.92 Å². The first kappa shape index (κ1) is 22.6. The fourth-order valence-electron chi connectivity index (χ4n) is 4.04. The molecule has 0 radical (unpaired) electrons. The van der Waals surface area contributed by atoms with Crippen molar-refractivity contribution in [2.75, 3.05) is 57.7 Å². The van der Waals surface area contributed by atoms with E-state index in [2.05, 4.69) is 5.32 Å². The number of amides is 2. The second-order valence-electron chi connectivity index (χ2n) is 8.03. The molecule has 3 rings (SSSR count). The van der Waals surface area contributed by atoms with E-state index < -0.39 is 12.7 Å². The lowest BCUT2D eigenvalue weighted by Crippen LogP contribution is -2.46. The number of nitrogens with zero attached hydrogens (tertiary/aromatic N) is 3. The van der Waals surface area contributed by atoms with Crippen molar-refractivity contribution in [2.24, 2.45) is 5.92 Å². The predicted octanol–water partition coefficient (Wildman–Crippen LogP) is 2.43. The van der Waals surface area contributed by atoms with E-state index in [1.165, 1.54) is 4.90 Å². The number of halogens is 3. The van der Waals surface area contributed by atoms with E-state index in [0.29, 0.717) is 58.5 Å². The van der Waals surface area contributed by atoms with Crippen LogP contribution in [0.5, 0.6) is 0 Å². The van der Waals surface area contributed by atoms with Gasteiger partial charge in [0.2, 0.25) is 11.8 Å². The summed E-state index contributed by atoms with van der Waals surface area (Å²) in [6.45, 7) is 2.17. The summed E-state index contributed by atoms with van der Waals surface area (Å²) < 4.78 is 37.8. The third kappa shape index (κ3) is 6.98. The molecule has 2 aliphatic rings. The number of likely N-dealkylation sites (tertiary alicyclic amines) is 1. The first-order valence-electron chi connectivity index (χ1n) is 10.5. The van der Waals surface area contributed by atoms with Gasteiger partial charge in [-0.2, -0.15) is 13.2 Å². The van der Waals surface area contributed by atoms with E-state index >= 15 is 0 Å². The van der Waals surface area contributed by atoms with Crippen molar-refractivity contribution in [2.45, 2.75) is 25.4 Å². The molecule has 1 N–H and O–H groups in total. The fraction of sp³-hybridized carbons (Fsp3) is 0.619. The van der Waals surface area contributed by atoms with E-state index in [-0.39, 0.29) is 24.3 Å². The van der Waals surface area contributed by atoms with Gasteiger partial charge in [0, 0.05) is 37.8 Å². The largest absolute Gasteiger partial charge is 0.401 e. The Hall–Kier alpha value is -2.13. The SMILES string of the molecule is O=C(Nc1ccccc1)C1CCN(C(=O)CN2CCCN(CC(F)(F)F)CC2)CC1. The lowest BCUT2D eigenvalue weighted by Gasteiger charge is -2.33. The van der Waals surface area contributed by atoms with Gasteiger partial charge in [-0.1, -0.05) is 18.2 Å². The predicted molar refractivity (Wildman–Crippen MR) is 108 cm³/mol. The molecule has 6 nitrogen and oxygen atoms in total. The monoisotopic (exact) mass is 426 g/mol. The number of piperidine rings is 1. The molecule has 2 saturated heterocycles. The molecule has 2 fully saturated rings. The minimum Gasteiger partial charge on any atom is -0.342 e. The second kappa shape index (κ2) is 10.3. The van der Waals surface area contributed by atoms with Crippen LogP contribution in [-0.4, -0.2) is 85.0 Å². The molecule has 2 amide bonds. The Morgan fingerprint density at radius 3 is 2.23 bits per heavy atom. The summed E-state index contributed by atoms with van der Waals surface area (Å²) in [5, 5.41) is 2.91. The minimum absolute atomic E-state index is 0.0128. The van der Waals surface area contributed by atoms with Crippen LogP contribution < -0.4 is 5.32 Å². The Labute approximate surface area is 175 Å². The van der Waals surface area contributed by atoms with E-state index in [1.54, 1.807) is 4.90 Å². The molecule has 30 heavy (non-hydrogen) atoms. The number of alkyl halides is 3. The fourth-order valence-corrected chi connectivity index (χ4v) is 4.04. The van der Waals surface area contributed by atoms with E-state index in [1.807, 2.05) is 35.2 Å². The van der Waals surface area contributed by atoms with Gasteiger partial charge in [-0.3, -0.25) is 19.4 Å². The van der Waals surface area contributed by atoms with Gasteiger partial charge < -0.3 is 10.2 Å². The van der Waals surface area contributed by atoms with Gasteiger partial charge in [0.15, 0.2) is 0 Å². The Morgan fingerprint density at radius 1 is 0.933 bits per heavy atom. The Morgan fingerprint density at radius 2 is 1.57 bits per heavy atom. The van der Waals surface area contributed by atoms with Gasteiger partial charge in [0.1, 0.15) is 0 Å². The number of rotatable bonds is 5. The quantitative estimate of drug-likeness (QED) is 0.786. The lowest BCUT2D eigenvalue weighted by molar-refractivity contribution is -0.145. The van der Waals surface area contributed by atoms with Crippen LogP contribution >= 0.6 is 0 Å². The van der Waals surface area contributed by atoms with E-state index in [4.69, 9.17) is 0 Å². The molecule has 0 aromatic heterocycles. The molecule has 2 heterocycles. The van der Waals surface area contributed by atoms with Crippen LogP contribution in [0.2, 0.25) is 0 Å². The Balaban J connectivity index is 1.40. The van der Waals surface area contributed by atoms with Crippen LogP contribution in [0.15, 0.2) is 30.3 Å². The number of benzene rings is 1. The van der Waals surface area contributed by atoms with Crippen LogP contribution in [0.1, 0.15) is 19.3 Å². The summed E-state index contributed by atoms with van der Waals surface area (Å²) in [5.41, 5.74) is 0.765. The molecule has 2 aliphatic heterocycles. The lowest BCUT2D eigenvalue weighted by atomic mass is 9.95. The maximum atomic E-state index is 12.6. The molecule has 166 valence electrons. The zero-order chi connectivity index (χ0) is 21.6. The van der Waals surface area contributed by atoms with Crippen LogP contribution in [0.25, 0.3) is 0 Å². The average molecular weight is 426 g/mol. The number of para-hydroxylation sites is 1. The molecule has 1 aromatic carbocycles. The third-order valence-electron chi connectivity index (χ3n) is 5.70. The van der Waals surface area contributed by atoms with Crippen molar-refractivity contribution < 1.29 is 22.8 Å². The normalized spacial score (nSPS) is 20.0. The number of hydrogen-bond donors (Lipinski definition) is 1. The minimum atomic E-state index is -4.19. The molecule has 0 atom stereocenters. The Bertz CT molecular complexity index is 706. The molecule has 1 aromatic rings. The summed E-state index contributed by atoms with van der Waals surface area (Å²) in [5.74, 6) is -0.157. The molecule has 0 unspecified atom stereocenters. The van der Waals surface area contributed by atoms with Crippen molar-refractivity contribution >= 4 is 17.5 Å². The highest BCUT2D eigenvalue weighted by Gasteiger charge is 2.32. The van der Waals surface area contributed by atoms with E-state index in [0.717, 1.165) is 5.69 Å². The van der Waals surface area contributed by atoms with Gasteiger partial charge in [-0.25, -0.2) is 0 Å². The van der Waals surface area contributed by atoms with Crippen molar-refractivity contribution in [1.29, 1.82) is 0 Å². The molecular formula is C21H29F3N4O2. The van der Waals surface area contributed by atoms with Crippen LogP contribution in [-0.2, 0) is 9.59 Å². The average Bonchev–Trinajstić information content (AvgIpc) is 2.92. The second-order valence-corrected chi connectivity index (χ2v) is 8.03. The van der Waals surface area contributed by atoms with Gasteiger partial charge in [-0.05, 0) is 44.5 Å². The highest BCUT2D eigenvalue weighted by atomic mass is 19.4. The number of nitrogens with one attached hydrogen (secondary N) is 1. The highest BCUT2D eigenvalue weighted by molar-refractivity contribution is 5.92.